The standard InChI is InChI=1S/C23H20N2O6/c26-20(23(30)31)18(12-14-6-2-1-3-7-14)25-21(27)19-13-15(10-11-24-19)16-8-4-5-9-17(16)22(28)29/h1-11,13,18,20,26H,12H2,(H,25,27)(H,28,29)(H,30,31)/t18-,20-/m1/s1. The number of aliphatic hydroxyl groups excluding tert-OH is 1. The molecule has 4 N–H and O–H groups in total. The lowest BCUT2D eigenvalue weighted by molar-refractivity contribution is -0.148. The van der Waals surface area contributed by atoms with E-state index in [1.165, 1.54) is 18.3 Å². The van der Waals surface area contributed by atoms with Gasteiger partial charge in [-0.25, -0.2) is 9.59 Å². The summed E-state index contributed by atoms with van der Waals surface area (Å²) in [7, 11) is 0. The van der Waals surface area contributed by atoms with Crippen molar-refractivity contribution in [3.63, 3.8) is 0 Å². The summed E-state index contributed by atoms with van der Waals surface area (Å²) in [6.45, 7) is 0. The molecule has 8 heteroatoms. The minimum Gasteiger partial charge on any atom is -0.479 e. The number of carbonyl (C=O) groups is 3. The third-order valence-electron chi connectivity index (χ3n) is 4.71. The van der Waals surface area contributed by atoms with E-state index in [-0.39, 0.29) is 17.7 Å². The lowest BCUT2D eigenvalue weighted by atomic mass is 9.99. The van der Waals surface area contributed by atoms with Crippen LogP contribution in [0.3, 0.4) is 0 Å². The number of aromatic carboxylic acids is 1. The van der Waals surface area contributed by atoms with Gasteiger partial charge in [-0.1, -0.05) is 48.5 Å². The van der Waals surface area contributed by atoms with Crippen LogP contribution in [0.5, 0.6) is 0 Å². The van der Waals surface area contributed by atoms with Gasteiger partial charge < -0.3 is 20.6 Å². The molecule has 0 unspecified atom stereocenters. The van der Waals surface area contributed by atoms with Gasteiger partial charge in [-0.3, -0.25) is 9.78 Å². The Labute approximate surface area is 177 Å². The molecule has 0 saturated heterocycles. The number of hydrogen-bond acceptors (Lipinski definition) is 5. The van der Waals surface area contributed by atoms with Crippen molar-refractivity contribution in [2.24, 2.45) is 0 Å². The quantitative estimate of drug-likeness (QED) is 0.439. The summed E-state index contributed by atoms with van der Waals surface area (Å²) in [4.78, 5) is 39.6. The number of pyridine rings is 1. The molecule has 3 aromatic rings. The Morgan fingerprint density at radius 2 is 1.61 bits per heavy atom. The van der Waals surface area contributed by atoms with Gasteiger partial charge in [0.1, 0.15) is 5.69 Å². The fraction of sp³-hybridized carbons (Fsp3) is 0.130. The highest BCUT2D eigenvalue weighted by Crippen LogP contribution is 2.24. The molecule has 2 aromatic carbocycles. The molecule has 1 heterocycles. The molecule has 158 valence electrons. The van der Waals surface area contributed by atoms with Gasteiger partial charge in [0.25, 0.3) is 5.91 Å². The molecule has 0 spiro atoms. The predicted molar refractivity (Wildman–Crippen MR) is 112 cm³/mol. The Morgan fingerprint density at radius 1 is 0.935 bits per heavy atom. The molecular formula is C23H20N2O6. The number of carboxylic acids is 2. The third kappa shape index (κ3) is 5.31. The summed E-state index contributed by atoms with van der Waals surface area (Å²) >= 11 is 0. The molecule has 1 aromatic heterocycles. The number of aliphatic carboxylic acids is 1. The first kappa shape index (κ1) is 21.7. The Hall–Kier alpha value is -4.04. The zero-order chi connectivity index (χ0) is 22.4. The van der Waals surface area contributed by atoms with E-state index in [2.05, 4.69) is 10.3 Å². The molecule has 3 rings (SSSR count). The number of carbonyl (C=O) groups excluding carboxylic acids is 1. The van der Waals surface area contributed by atoms with Crippen molar-refractivity contribution in [2.45, 2.75) is 18.6 Å². The van der Waals surface area contributed by atoms with Crippen LogP contribution in [0, 0.1) is 0 Å². The van der Waals surface area contributed by atoms with E-state index >= 15 is 0 Å². The number of hydrogen-bond donors (Lipinski definition) is 4. The highest BCUT2D eigenvalue weighted by molar-refractivity contribution is 5.98. The predicted octanol–water partition coefficient (Wildman–Crippen LogP) is 2.23. The molecular weight excluding hydrogens is 400 g/mol. The molecule has 2 atom stereocenters. The van der Waals surface area contributed by atoms with Crippen molar-refractivity contribution in [1.29, 1.82) is 0 Å². The Balaban J connectivity index is 1.87. The number of amides is 1. The van der Waals surface area contributed by atoms with Crippen LogP contribution < -0.4 is 5.32 Å². The maximum atomic E-state index is 12.8. The molecule has 31 heavy (non-hydrogen) atoms. The van der Waals surface area contributed by atoms with Crippen molar-refractivity contribution >= 4 is 17.8 Å². The molecule has 0 aliphatic heterocycles. The van der Waals surface area contributed by atoms with Gasteiger partial charge in [0.2, 0.25) is 0 Å². The topological polar surface area (TPSA) is 137 Å². The van der Waals surface area contributed by atoms with Crippen LogP contribution in [-0.4, -0.2) is 50.3 Å². The second kappa shape index (κ2) is 9.64. The van der Waals surface area contributed by atoms with Gasteiger partial charge in [0, 0.05) is 6.20 Å². The number of carboxylic acid groups (broad SMARTS) is 2. The fourth-order valence-electron chi connectivity index (χ4n) is 3.17. The lowest BCUT2D eigenvalue weighted by Gasteiger charge is -2.21. The van der Waals surface area contributed by atoms with E-state index in [0.29, 0.717) is 11.1 Å². The van der Waals surface area contributed by atoms with Crippen molar-refractivity contribution in [3.05, 3.63) is 89.7 Å². The summed E-state index contributed by atoms with van der Waals surface area (Å²) < 4.78 is 0. The molecule has 0 aliphatic rings. The van der Waals surface area contributed by atoms with Crippen molar-refractivity contribution < 1.29 is 29.7 Å². The first-order valence-corrected chi connectivity index (χ1v) is 9.41. The molecule has 0 saturated carbocycles. The molecule has 0 aliphatic carbocycles. The van der Waals surface area contributed by atoms with Crippen LogP contribution in [0.25, 0.3) is 11.1 Å². The largest absolute Gasteiger partial charge is 0.479 e. The Kier molecular flexibility index (Phi) is 6.74. The van der Waals surface area contributed by atoms with E-state index in [1.54, 1.807) is 54.6 Å². The Bertz CT molecular complexity index is 1100. The van der Waals surface area contributed by atoms with E-state index < -0.39 is 30.0 Å². The van der Waals surface area contributed by atoms with Crippen molar-refractivity contribution in [2.75, 3.05) is 0 Å². The summed E-state index contributed by atoms with van der Waals surface area (Å²) in [6.07, 6.45) is -0.357. The number of aliphatic hydroxyl groups is 1. The van der Waals surface area contributed by atoms with Gasteiger partial charge >= 0.3 is 11.9 Å². The highest BCUT2D eigenvalue weighted by Gasteiger charge is 2.28. The van der Waals surface area contributed by atoms with Crippen LogP contribution in [0.15, 0.2) is 72.9 Å². The molecule has 0 bridgehead atoms. The average Bonchev–Trinajstić information content (AvgIpc) is 2.78. The number of nitrogens with one attached hydrogen (secondary N) is 1. The molecule has 0 fully saturated rings. The zero-order valence-corrected chi connectivity index (χ0v) is 16.3. The van der Waals surface area contributed by atoms with E-state index in [1.807, 2.05) is 0 Å². The number of benzene rings is 2. The van der Waals surface area contributed by atoms with E-state index in [9.17, 15) is 29.7 Å². The SMILES string of the molecule is O=C(N[C@H](Cc1ccccc1)[C@@H](O)C(=O)O)c1cc(-c2ccccc2C(=O)O)ccn1. The van der Waals surface area contributed by atoms with E-state index in [4.69, 9.17) is 0 Å². The monoisotopic (exact) mass is 420 g/mol. The van der Waals surface area contributed by atoms with Gasteiger partial charge in [0.15, 0.2) is 6.10 Å². The zero-order valence-electron chi connectivity index (χ0n) is 16.3. The maximum Gasteiger partial charge on any atom is 0.336 e. The smallest absolute Gasteiger partial charge is 0.336 e. The minimum atomic E-state index is -1.82. The molecule has 8 nitrogen and oxygen atoms in total. The van der Waals surface area contributed by atoms with Gasteiger partial charge in [-0.05, 0) is 41.3 Å². The van der Waals surface area contributed by atoms with Crippen LogP contribution in [0.2, 0.25) is 0 Å². The normalized spacial score (nSPS) is 12.5. The molecule has 0 radical (unpaired) electrons. The lowest BCUT2D eigenvalue weighted by Crippen LogP contribution is -2.48. The number of rotatable bonds is 8. The second-order valence-corrected chi connectivity index (χ2v) is 6.83. The maximum absolute atomic E-state index is 12.8. The van der Waals surface area contributed by atoms with Crippen LogP contribution in [0.1, 0.15) is 26.4 Å². The highest BCUT2D eigenvalue weighted by atomic mass is 16.4. The number of aromatic nitrogens is 1. The van der Waals surface area contributed by atoms with Crippen molar-refractivity contribution in [3.8, 4) is 11.1 Å². The molecule has 1 amide bonds. The van der Waals surface area contributed by atoms with Crippen LogP contribution in [-0.2, 0) is 11.2 Å². The average molecular weight is 420 g/mol. The first-order chi connectivity index (χ1) is 14.9. The van der Waals surface area contributed by atoms with Crippen molar-refractivity contribution in [1.82, 2.24) is 10.3 Å². The summed E-state index contributed by atoms with van der Waals surface area (Å²) in [5, 5.41) is 31.2. The summed E-state index contributed by atoms with van der Waals surface area (Å²) in [6, 6.07) is 17.1. The van der Waals surface area contributed by atoms with Gasteiger partial charge in [0.05, 0.1) is 11.6 Å². The van der Waals surface area contributed by atoms with Gasteiger partial charge in [-0.15, -0.1) is 0 Å². The van der Waals surface area contributed by atoms with Crippen LogP contribution in [0.4, 0.5) is 0 Å². The summed E-state index contributed by atoms with van der Waals surface area (Å²) in [5.41, 5.74) is 1.66. The third-order valence-corrected chi connectivity index (χ3v) is 4.71. The Morgan fingerprint density at radius 3 is 2.29 bits per heavy atom. The van der Waals surface area contributed by atoms with Crippen LogP contribution >= 0.6 is 0 Å². The number of nitrogens with zero attached hydrogens (tertiary/aromatic N) is 1. The summed E-state index contributed by atoms with van der Waals surface area (Å²) in [5.74, 6) is -3.25. The second-order valence-electron chi connectivity index (χ2n) is 6.83. The van der Waals surface area contributed by atoms with E-state index in [0.717, 1.165) is 5.56 Å². The fourth-order valence-corrected chi connectivity index (χ4v) is 3.17. The first-order valence-electron chi connectivity index (χ1n) is 9.41. The minimum absolute atomic E-state index is 0.0339. The van der Waals surface area contributed by atoms with Gasteiger partial charge in [-0.2, -0.15) is 0 Å².